The Balaban J connectivity index is 2.86. The van der Waals surface area contributed by atoms with E-state index < -0.39 is 0 Å². The second-order valence-electron chi connectivity index (χ2n) is 3.62. The third kappa shape index (κ3) is 2.52. The molecule has 1 unspecified atom stereocenters. The van der Waals surface area contributed by atoms with E-state index in [1.54, 1.807) is 0 Å². The molecule has 0 bridgehead atoms. The standard InChI is InChI=1S/C10H15NS/c1-8(2)9-4-5-10(3,12)7-11-6-9/h4-8,12H,1-3H3. The predicted octanol–water partition coefficient (Wildman–Crippen LogP) is 2.86. The Morgan fingerprint density at radius 3 is 2.75 bits per heavy atom. The molecule has 12 heavy (non-hydrogen) atoms. The van der Waals surface area contributed by atoms with Gasteiger partial charge in [0.1, 0.15) is 0 Å². The zero-order chi connectivity index (χ0) is 9.19. The summed E-state index contributed by atoms with van der Waals surface area (Å²) in [6.45, 7) is 6.34. The minimum absolute atomic E-state index is 0.201. The second kappa shape index (κ2) is 3.48. The first-order valence-electron chi connectivity index (χ1n) is 4.17. The molecule has 0 aromatic rings. The Bertz CT molecular complexity index is 247. The number of nitrogens with zero attached hydrogens (tertiary/aromatic N) is 1. The summed E-state index contributed by atoms with van der Waals surface area (Å²) < 4.78 is -0.201. The van der Waals surface area contributed by atoms with E-state index in [1.165, 1.54) is 5.57 Å². The van der Waals surface area contributed by atoms with E-state index in [-0.39, 0.29) is 4.75 Å². The van der Waals surface area contributed by atoms with Gasteiger partial charge in [0.15, 0.2) is 0 Å². The quantitative estimate of drug-likeness (QED) is 0.597. The summed E-state index contributed by atoms with van der Waals surface area (Å²) in [7, 11) is 0. The Morgan fingerprint density at radius 2 is 2.17 bits per heavy atom. The number of rotatable bonds is 1. The van der Waals surface area contributed by atoms with Gasteiger partial charge in [0.25, 0.3) is 0 Å². The van der Waals surface area contributed by atoms with E-state index in [1.807, 2.05) is 19.3 Å². The number of hydrogen-bond donors (Lipinski definition) is 1. The fourth-order valence-corrected chi connectivity index (χ4v) is 1.11. The summed E-state index contributed by atoms with van der Waals surface area (Å²) in [5.74, 6) is 0.528. The van der Waals surface area contributed by atoms with Crippen molar-refractivity contribution in [3.63, 3.8) is 0 Å². The molecular formula is C10H15NS. The van der Waals surface area contributed by atoms with Gasteiger partial charge in [-0.15, -0.1) is 0 Å². The van der Waals surface area contributed by atoms with Crippen molar-refractivity contribution in [1.29, 1.82) is 0 Å². The molecular weight excluding hydrogens is 166 g/mol. The van der Waals surface area contributed by atoms with Gasteiger partial charge >= 0.3 is 0 Å². The van der Waals surface area contributed by atoms with Gasteiger partial charge in [-0.2, -0.15) is 12.6 Å². The van der Waals surface area contributed by atoms with Crippen LogP contribution in [-0.2, 0) is 0 Å². The number of allylic oxidation sites excluding steroid dienone is 2. The largest absolute Gasteiger partial charge is 0.267 e. The Morgan fingerprint density at radius 1 is 1.50 bits per heavy atom. The lowest BCUT2D eigenvalue weighted by atomic mass is 10.0. The zero-order valence-corrected chi connectivity index (χ0v) is 8.68. The second-order valence-corrected chi connectivity index (χ2v) is 4.58. The van der Waals surface area contributed by atoms with E-state index in [0.717, 1.165) is 0 Å². The lowest BCUT2D eigenvalue weighted by Gasteiger charge is -2.10. The third-order valence-electron chi connectivity index (χ3n) is 1.84. The Hall–Kier alpha value is -0.500. The van der Waals surface area contributed by atoms with E-state index >= 15 is 0 Å². The zero-order valence-electron chi connectivity index (χ0n) is 7.78. The molecule has 1 rings (SSSR count). The molecule has 2 heteroatoms. The maximum absolute atomic E-state index is 4.43. The Kier molecular flexibility index (Phi) is 2.78. The number of aliphatic imine (C=N–C) groups is 1. The maximum Gasteiger partial charge on any atom is 0.0635 e. The van der Waals surface area contributed by atoms with Crippen LogP contribution in [0, 0.1) is 5.92 Å². The van der Waals surface area contributed by atoms with E-state index in [2.05, 4.69) is 43.6 Å². The van der Waals surface area contributed by atoms with Crippen LogP contribution in [0.25, 0.3) is 0 Å². The van der Waals surface area contributed by atoms with E-state index in [9.17, 15) is 0 Å². The molecule has 1 nitrogen and oxygen atoms in total. The van der Waals surface area contributed by atoms with Crippen LogP contribution in [0.2, 0.25) is 0 Å². The van der Waals surface area contributed by atoms with Crippen molar-refractivity contribution in [3.05, 3.63) is 23.9 Å². The molecule has 0 amide bonds. The minimum Gasteiger partial charge on any atom is -0.267 e. The summed E-state index contributed by atoms with van der Waals surface area (Å²) in [4.78, 5) is 4.20. The summed E-state index contributed by atoms with van der Waals surface area (Å²) >= 11 is 4.43. The average molecular weight is 181 g/mol. The molecule has 0 aromatic heterocycles. The van der Waals surface area contributed by atoms with Crippen LogP contribution in [0.15, 0.2) is 28.9 Å². The van der Waals surface area contributed by atoms with Crippen LogP contribution < -0.4 is 0 Å². The number of thiol groups is 1. The highest BCUT2D eigenvalue weighted by Crippen LogP contribution is 2.20. The fraction of sp³-hybridized carbons (Fsp3) is 0.500. The molecule has 0 spiro atoms. The van der Waals surface area contributed by atoms with Crippen molar-refractivity contribution >= 4 is 18.8 Å². The lowest BCUT2D eigenvalue weighted by Crippen LogP contribution is -2.13. The first-order chi connectivity index (χ1) is 5.51. The van der Waals surface area contributed by atoms with Crippen molar-refractivity contribution in [2.24, 2.45) is 10.9 Å². The van der Waals surface area contributed by atoms with Gasteiger partial charge in [0.05, 0.1) is 4.75 Å². The highest BCUT2D eigenvalue weighted by atomic mass is 32.1. The van der Waals surface area contributed by atoms with Crippen molar-refractivity contribution < 1.29 is 0 Å². The third-order valence-corrected chi connectivity index (χ3v) is 2.10. The molecule has 1 atom stereocenters. The molecule has 0 fully saturated rings. The van der Waals surface area contributed by atoms with Crippen LogP contribution in [0.5, 0.6) is 0 Å². The van der Waals surface area contributed by atoms with Crippen molar-refractivity contribution in [2.45, 2.75) is 25.5 Å². The highest BCUT2D eigenvalue weighted by Gasteiger charge is 2.13. The van der Waals surface area contributed by atoms with Gasteiger partial charge < -0.3 is 0 Å². The molecule has 0 radical (unpaired) electrons. The van der Waals surface area contributed by atoms with Crippen molar-refractivity contribution in [2.75, 3.05) is 0 Å². The normalized spacial score (nSPS) is 28.9. The molecule has 0 saturated heterocycles. The van der Waals surface area contributed by atoms with Gasteiger partial charge in [-0.05, 0) is 18.4 Å². The first kappa shape index (κ1) is 9.59. The van der Waals surface area contributed by atoms with Crippen LogP contribution in [0.3, 0.4) is 0 Å². The molecule has 66 valence electrons. The van der Waals surface area contributed by atoms with Gasteiger partial charge in [-0.3, -0.25) is 4.99 Å². The maximum atomic E-state index is 4.43. The SMILES string of the molecule is CC(C)C1=CN=CC(C)(S)C=C1. The van der Waals surface area contributed by atoms with Gasteiger partial charge in [0, 0.05) is 12.4 Å². The predicted molar refractivity (Wildman–Crippen MR) is 57.9 cm³/mol. The molecule has 0 N–H and O–H groups in total. The summed E-state index contributed by atoms with van der Waals surface area (Å²) in [6, 6.07) is 0. The van der Waals surface area contributed by atoms with Gasteiger partial charge in [0.2, 0.25) is 0 Å². The minimum atomic E-state index is -0.201. The van der Waals surface area contributed by atoms with Crippen LogP contribution >= 0.6 is 12.6 Å². The summed E-state index contributed by atoms with van der Waals surface area (Å²) in [5.41, 5.74) is 1.25. The monoisotopic (exact) mass is 181 g/mol. The van der Waals surface area contributed by atoms with Crippen molar-refractivity contribution in [3.8, 4) is 0 Å². The smallest absolute Gasteiger partial charge is 0.0635 e. The molecule has 1 heterocycles. The molecule has 0 aliphatic carbocycles. The van der Waals surface area contributed by atoms with Crippen LogP contribution in [0.4, 0.5) is 0 Å². The summed E-state index contributed by atoms with van der Waals surface area (Å²) in [5, 5.41) is 0. The number of hydrogen-bond acceptors (Lipinski definition) is 2. The molecule has 1 aliphatic heterocycles. The summed E-state index contributed by atoms with van der Waals surface area (Å²) in [6.07, 6.45) is 7.92. The van der Waals surface area contributed by atoms with E-state index in [4.69, 9.17) is 0 Å². The molecule has 1 aliphatic rings. The van der Waals surface area contributed by atoms with Gasteiger partial charge in [-0.25, -0.2) is 0 Å². The Labute approximate surface area is 79.7 Å². The average Bonchev–Trinajstić information content (AvgIpc) is 2.10. The van der Waals surface area contributed by atoms with Gasteiger partial charge in [-0.1, -0.05) is 26.0 Å². The molecule has 0 saturated carbocycles. The van der Waals surface area contributed by atoms with Crippen LogP contribution in [-0.4, -0.2) is 11.0 Å². The van der Waals surface area contributed by atoms with E-state index in [0.29, 0.717) is 5.92 Å². The molecule has 0 aromatic carbocycles. The topological polar surface area (TPSA) is 12.4 Å². The van der Waals surface area contributed by atoms with Crippen molar-refractivity contribution in [1.82, 2.24) is 0 Å². The highest BCUT2D eigenvalue weighted by molar-refractivity contribution is 7.82. The fourth-order valence-electron chi connectivity index (χ4n) is 0.967. The lowest BCUT2D eigenvalue weighted by molar-refractivity contribution is 0.788. The first-order valence-corrected chi connectivity index (χ1v) is 4.62. The van der Waals surface area contributed by atoms with Crippen LogP contribution in [0.1, 0.15) is 20.8 Å².